The number of nitrogens with zero attached hydrogens (tertiary/aromatic N) is 2. The predicted octanol–water partition coefficient (Wildman–Crippen LogP) is 3.11. The minimum atomic E-state index is -0.340. The quantitative estimate of drug-likeness (QED) is 0.343. The van der Waals surface area contributed by atoms with Crippen molar-refractivity contribution in [1.29, 1.82) is 0 Å². The minimum absolute atomic E-state index is 0. The first-order chi connectivity index (χ1) is 12.1. The van der Waals surface area contributed by atoms with Crippen molar-refractivity contribution in [3.63, 3.8) is 0 Å². The number of likely N-dealkylation sites (tertiary alicyclic amines) is 1. The maximum atomic E-state index is 13.6. The van der Waals surface area contributed by atoms with Gasteiger partial charge in [-0.05, 0) is 50.9 Å². The summed E-state index contributed by atoms with van der Waals surface area (Å²) in [5.74, 6) is 1.24. The number of hydrogen-bond donors (Lipinski definition) is 2. The molecular formula is C19H32FIN4O. The van der Waals surface area contributed by atoms with Crippen LogP contribution in [-0.2, 0) is 0 Å². The molecule has 7 heteroatoms. The van der Waals surface area contributed by atoms with Gasteiger partial charge in [-0.3, -0.25) is 4.99 Å². The molecule has 0 aliphatic carbocycles. The molecule has 1 aromatic carbocycles. The van der Waals surface area contributed by atoms with Crippen molar-refractivity contribution < 1.29 is 9.13 Å². The zero-order valence-electron chi connectivity index (χ0n) is 16.0. The summed E-state index contributed by atoms with van der Waals surface area (Å²) in [7, 11) is 1.75. The molecule has 2 unspecified atom stereocenters. The average molecular weight is 478 g/mol. The Labute approximate surface area is 173 Å². The van der Waals surface area contributed by atoms with E-state index in [2.05, 4.69) is 27.4 Å². The van der Waals surface area contributed by atoms with E-state index in [-0.39, 0.29) is 41.6 Å². The van der Waals surface area contributed by atoms with Crippen LogP contribution in [0, 0.1) is 11.7 Å². The molecule has 26 heavy (non-hydrogen) atoms. The highest BCUT2D eigenvalue weighted by Gasteiger charge is 2.15. The van der Waals surface area contributed by atoms with E-state index in [0.29, 0.717) is 12.5 Å². The summed E-state index contributed by atoms with van der Waals surface area (Å²) in [6.07, 6.45) is 2.48. The zero-order valence-corrected chi connectivity index (χ0v) is 18.3. The molecule has 0 spiro atoms. The van der Waals surface area contributed by atoms with Gasteiger partial charge in [-0.1, -0.05) is 19.1 Å². The standard InChI is InChI=1S/C19H31FN4O.HI/c1-15(14-24-10-6-7-11-24)12-22-19(21-3)23-13-16(2)25-18-9-5-4-8-17(18)20;/h4-5,8-9,15-16H,6-7,10-14H2,1-3H3,(H2,21,22,23);1H. The molecule has 1 aromatic rings. The molecule has 2 rings (SSSR count). The number of aliphatic imine (C=N–C) groups is 1. The summed E-state index contributed by atoms with van der Waals surface area (Å²) in [4.78, 5) is 6.76. The highest BCUT2D eigenvalue weighted by atomic mass is 127. The number of benzene rings is 1. The SMILES string of the molecule is CN=C(NCC(C)CN1CCCC1)NCC(C)Oc1ccccc1F.I. The molecule has 0 saturated carbocycles. The summed E-state index contributed by atoms with van der Waals surface area (Å²) in [6.45, 7) is 9.15. The second-order valence-electron chi connectivity index (χ2n) is 6.81. The van der Waals surface area contributed by atoms with Crippen LogP contribution in [0.4, 0.5) is 4.39 Å². The molecule has 0 radical (unpaired) electrons. The highest BCUT2D eigenvalue weighted by Crippen LogP contribution is 2.16. The molecule has 1 aliphatic rings. The first kappa shape index (κ1) is 23.0. The Balaban J connectivity index is 0.00000338. The normalized spacial score (nSPS) is 17.3. The molecule has 0 bridgehead atoms. The number of guanidine groups is 1. The van der Waals surface area contributed by atoms with Crippen molar-refractivity contribution in [2.75, 3.05) is 39.8 Å². The molecule has 0 aromatic heterocycles. The summed E-state index contributed by atoms with van der Waals surface area (Å²) in [5.41, 5.74) is 0. The maximum Gasteiger partial charge on any atom is 0.191 e. The van der Waals surface area contributed by atoms with Crippen molar-refractivity contribution in [2.24, 2.45) is 10.9 Å². The second-order valence-corrected chi connectivity index (χ2v) is 6.81. The van der Waals surface area contributed by atoms with E-state index < -0.39 is 0 Å². The van der Waals surface area contributed by atoms with Crippen molar-refractivity contribution in [2.45, 2.75) is 32.8 Å². The zero-order chi connectivity index (χ0) is 18.1. The molecule has 2 N–H and O–H groups in total. The molecule has 1 aliphatic heterocycles. The van der Waals surface area contributed by atoms with Crippen LogP contribution in [0.25, 0.3) is 0 Å². The molecule has 1 fully saturated rings. The van der Waals surface area contributed by atoms with E-state index in [9.17, 15) is 4.39 Å². The Bertz CT molecular complexity index is 552. The summed E-state index contributed by atoms with van der Waals surface area (Å²) >= 11 is 0. The van der Waals surface area contributed by atoms with E-state index in [0.717, 1.165) is 19.0 Å². The molecule has 1 saturated heterocycles. The molecule has 5 nitrogen and oxygen atoms in total. The van der Waals surface area contributed by atoms with Gasteiger partial charge in [-0.2, -0.15) is 0 Å². The monoisotopic (exact) mass is 478 g/mol. The molecule has 0 amide bonds. The van der Waals surface area contributed by atoms with Crippen LogP contribution in [-0.4, -0.2) is 56.7 Å². The maximum absolute atomic E-state index is 13.6. The lowest BCUT2D eigenvalue weighted by Crippen LogP contribution is -2.44. The number of nitrogens with one attached hydrogen (secondary N) is 2. The van der Waals surface area contributed by atoms with Crippen LogP contribution < -0.4 is 15.4 Å². The Hall–Kier alpha value is -1.09. The topological polar surface area (TPSA) is 48.9 Å². The van der Waals surface area contributed by atoms with Gasteiger partial charge in [-0.15, -0.1) is 24.0 Å². The fraction of sp³-hybridized carbons (Fsp3) is 0.632. The van der Waals surface area contributed by atoms with Gasteiger partial charge in [0.2, 0.25) is 0 Å². The Morgan fingerprint density at radius 1 is 1.19 bits per heavy atom. The Kier molecular flexibility index (Phi) is 10.9. The van der Waals surface area contributed by atoms with Crippen LogP contribution in [0.5, 0.6) is 5.75 Å². The lowest BCUT2D eigenvalue weighted by molar-refractivity contribution is 0.214. The van der Waals surface area contributed by atoms with E-state index in [1.807, 2.05) is 6.92 Å². The third-order valence-corrected chi connectivity index (χ3v) is 4.33. The third kappa shape index (κ3) is 8.07. The van der Waals surface area contributed by atoms with Gasteiger partial charge in [0.15, 0.2) is 17.5 Å². The van der Waals surface area contributed by atoms with Crippen molar-refractivity contribution >= 4 is 29.9 Å². The Morgan fingerprint density at radius 3 is 2.50 bits per heavy atom. The molecule has 1 heterocycles. The number of rotatable bonds is 8. The minimum Gasteiger partial charge on any atom is -0.486 e. The third-order valence-electron chi connectivity index (χ3n) is 4.33. The number of hydrogen-bond acceptors (Lipinski definition) is 3. The van der Waals surface area contributed by atoms with Gasteiger partial charge < -0.3 is 20.3 Å². The number of para-hydroxylation sites is 1. The average Bonchev–Trinajstić information content (AvgIpc) is 3.10. The highest BCUT2D eigenvalue weighted by molar-refractivity contribution is 14.0. The predicted molar refractivity (Wildman–Crippen MR) is 116 cm³/mol. The van der Waals surface area contributed by atoms with Crippen LogP contribution in [0.1, 0.15) is 26.7 Å². The number of halogens is 2. The summed E-state index contributed by atoms with van der Waals surface area (Å²) in [6, 6.07) is 6.46. The molecule has 148 valence electrons. The van der Waals surface area contributed by atoms with Crippen molar-refractivity contribution in [3.8, 4) is 5.75 Å². The fourth-order valence-electron chi connectivity index (χ4n) is 3.00. The van der Waals surface area contributed by atoms with Crippen LogP contribution in [0.15, 0.2) is 29.3 Å². The Morgan fingerprint density at radius 2 is 1.85 bits per heavy atom. The van der Waals surface area contributed by atoms with Crippen LogP contribution in [0.2, 0.25) is 0 Å². The second kappa shape index (κ2) is 12.3. The molecule has 2 atom stereocenters. The van der Waals surface area contributed by atoms with Gasteiger partial charge in [0.1, 0.15) is 6.10 Å². The summed E-state index contributed by atoms with van der Waals surface area (Å²) in [5, 5.41) is 6.59. The summed E-state index contributed by atoms with van der Waals surface area (Å²) < 4.78 is 19.2. The van der Waals surface area contributed by atoms with E-state index in [1.165, 1.54) is 32.0 Å². The van der Waals surface area contributed by atoms with E-state index >= 15 is 0 Å². The van der Waals surface area contributed by atoms with E-state index in [4.69, 9.17) is 4.74 Å². The lowest BCUT2D eigenvalue weighted by atomic mass is 10.1. The first-order valence-corrected chi connectivity index (χ1v) is 9.16. The van der Waals surface area contributed by atoms with Crippen molar-refractivity contribution in [3.05, 3.63) is 30.1 Å². The van der Waals surface area contributed by atoms with Gasteiger partial charge in [0, 0.05) is 20.1 Å². The van der Waals surface area contributed by atoms with E-state index in [1.54, 1.807) is 25.2 Å². The number of ether oxygens (including phenoxy) is 1. The largest absolute Gasteiger partial charge is 0.486 e. The smallest absolute Gasteiger partial charge is 0.191 e. The fourth-order valence-corrected chi connectivity index (χ4v) is 3.00. The lowest BCUT2D eigenvalue weighted by Gasteiger charge is -2.22. The van der Waals surface area contributed by atoms with Gasteiger partial charge >= 0.3 is 0 Å². The molecular weight excluding hydrogens is 446 g/mol. The van der Waals surface area contributed by atoms with Crippen LogP contribution >= 0.6 is 24.0 Å². The van der Waals surface area contributed by atoms with Gasteiger partial charge in [0.05, 0.1) is 6.54 Å². The van der Waals surface area contributed by atoms with Gasteiger partial charge in [-0.25, -0.2) is 4.39 Å². The van der Waals surface area contributed by atoms with Gasteiger partial charge in [0.25, 0.3) is 0 Å². The first-order valence-electron chi connectivity index (χ1n) is 9.16. The van der Waals surface area contributed by atoms with Crippen LogP contribution in [0.3, 0.4) is 0 Å². The van der Waals surface area contributed by atoms with Crippen molar-refractivity contribution in [1.82, 2.24) is 15.5 Å².